The molecule has 0 amide bonds. The molecule has 0 radical (unpaired) electrons. The number of carbonyl (C=O) groups is 1. The Kier molecular flexibility index (Phi) is 3.81. The number of ketones is 1. The highest BCUT2D eigenvalue weighted by atomic mass is 19.1. The van der Waals surface area contributed by atoms with E-state index in [0.717, 1.165) is 24.8 Å². The fraction of sp³-hybridized carbons (Fsp3) is 0.533. The Morgan fingerprint density at radius 1 is 1.28 bits per heavy atom. The summed E-state index contributed by atoms with van der Waals surface area (Å²) in [5, 5.41) is 0. The van der Waals surface area contributed by atoms with E-state index in [1.54, 1.807) is 19.2 Å². The number of methoxy groups -OCH3 is 1. The van der Waals surface area contributed by atoms with Gasteiger partial charge in [-0.2, -0.15) is 0 Å². The molecule has 0 spiro atoms. The number of rotatable bonds is 3. The van der Waals surface area contributed by atoms with Crippen LogP contribution in [0, 0.1) is 12.7 Å². The van der Waals surface area contributed by atoms with Crippen LogP contribution >= 0.6 is 0 Å². The molecule has 1 aromatic carbocycles. The fourth-order valence-corrected chi connectivity index (χ4v) is 2.71. The number of hydrogen-bond donors (Lipinski definition) is 0. The topological polar surface area (TPSA) is 26.3 Å². The molecular formula is C15H19FO2. The highest BCUT2D eigenvalue weighted by molar-refractivity contribution is 6.03. The Hall–Kier alpha value is -1.22. The van der Waals surface area contributed by atoms with Crippen molar-refractivity contribution in [1.82, 2.24) is 0 Å². The van der Waals surface area contributed by atoms with E-state index in [1.165, 1.54) is 6.07 Å². The van der Waals surface area contributed by atoms with Crippen LogP contribution in [0.3, 0.4) is 0 Å². The number of carbonyl (C=O) groups excluding carboxylic acids is 1. The van der Waals surface area contributed by atoms with Crippen LogP contribution in [0.4, 0.5) is 4.39 Å². The summed E-state index contributed by atoms with van der Waals surface area (Å²) in [6, 6.07) is 4.65. The molecule has 3 heteroatoms. The monoisotopic (exact) mass is 250 g/mol. The van der Waals surface area contributed by atoms with E-state index < -0.39 is 11.4 Å². The molecule has 0 unspecified atom stereocenters. The largest absolute Gasteiger partial charge is 0.370 e. The summed E-state index contributed by atoms with van der Waals surface area (Å²) in [6.45, 7) is 1.86. The minimum Gasteiger partial charge on any atom is -0.370 e. The van der Waals surface area contributed by atoms with Crippen molar-refractivity contribution >= 4 is 5.78 Å². The van der Waals surface area contributed by atoms with Gasteiger partial charge in [0.15, 0.2) is 5.78 Å². The van der Waals surface area contributed by atoms with Gasteiger partial charge in [-0.15, -0.1) is 0 Å². The van der Waals surface area contributed by atoms with Crippen molar-refractivity contribution in [2.75, 3.05) is 7.11 Å². The third-order valence-electron chi connectivity index (χ3n) is 3.83. The first-order valence-corrected chi connectivity index (χ1v) is 6.45. The Balaban J connectivity index is 2.36. The lowest BCUT2D eigenvalue weighted by Crippen LogP contribution is -2.43. The molecule has 18 heavy (non-hydrogen) atoms. The number of benzene rings is 1. The number of halogens is 1. The Morgan fingerprint density at radius 2 is 1.94 bits per heavy atom. The molecule has 0 saturated heterocycles. The van der Waals surface area contributed by atoms with E-state index in [-0.39, 0.29) is 11.3 Å². The smallest absolute Gasteiger partial charge is 0.197 e. The first-order valence-electron chi connectivity index (χ1n) is 6.45. The molecule has 98 valence electrons. The van der Waals surface area contributed by atoms with Crippen LogP contribution in [0.15, 0.2) is 18.2 Å². The Labute approximate surface area is 107 Å². The SMILES string of the molecule is COC1(C(=O)c2cc(C)ccc2F)CCCCC1. The molecule has 1 aliphatic carbocycles. The maximum atomic E-state index is 13.8. The van der Waals surface area contributed by atoms with E-state index >= 15 is 0 Å². The molecule has 0 aromatic heterocycles. The summed E-state index contributed by atoms with van der Waals surface area (Å²) in [7, 11) is 1.55. The van der Waals surface area contributed by atoms with Crippen LogP contribution in [0.5, 0.6) is 0 Å². The van der Waals surface area contributed by atoms with Crippen LogP contribution in [0.1, 0.15) is 48.0 Å². The third kappa shape index (κ3) is 2.32. The van der Waals surface area contributed by atoms with E-state index in [9.17, 15) is 9.18 Å². The standard InChI is InChI=1S/C15H19FO2/c1-11-6-7-13(16)12(10-11)14(17)15(18-2)8-4-3-5-9-15/h6-7,10H,3-5,8-9H2,1-2H3. The van der Waals surface area contributed by atoms with Gasteiger partial charge in [-0.3, -0.25) is 4.79 Å². The van der Waals surface area contributed by atoms with Crippen molar-refractivity contribution in [1.29, 1.82) is 0 Å². The Morgan fingerprint density at radius 3 is 2.56 bits per heavy atom. The second-order valence-electron chi connectivity index (χ2n) is 5.07. The van der Waals surface area contributed by atoms with Gasteiger partial charge in [0.25, 0.3) is 0 Å². The molecule has 2 rings (SSSR count). The van der Waals surface area contributed by atoms with E-state index in [2.05, 4.69) is 0 Å². The van der Waals surface area contributed by atoms with Gasteiger partial charge >= 0.3 is 0 Å². The molecule has 1 aliphatic rings. The number of Topliss-reactive ketones (excluding diaryl/α,β-unsaturated/α-hetero) is 1. The van der Waals surface area contributed by atoms with E-state index in [0.29, 0.717) is 12.8 Å². The second-order valence-corrected chi connectivity index (χ2v) is 5.07. The maximum absolute atomic E-state index is 13.8. The number of aryl methyl sites for hydroxylation is 1. The normalized spacial score (nSPS) is 18.6. The van der Waals surface area contributed by atoms with Crippen molar-refractivity contribution in [2.45, 2.75) is 44.6 Å². The summed E-state index contributed by atoms with van der Waals surface area (Å²) in [6.07, 6.45) is 4.43. The van der Waals surface area contributed by atoms with Crippen LogP contribution in [-0.2, 0) is 4.74 Å². The zero-order valence-electron chi connectivity index (χ0n) is 11.0. The maximum Gasteiger partial charge on any atom is 0.197 e. The van der Waals surface area contributed by atoms with Gasteiger partial charge in [-0.25, -0.2) is 4.39 Å². The minimum atomic E-state index is -0.813. The number of hydrogen-bond acceptors (Lipinski definition) is 2. The van der Waals surface area contributed by atoms with E-state index in [1.807, 2.05) is 6.92 Å². The number of ether oxygens (including phenoxy) is 1. The lowest BCUT2D eigenvalue weighted by Gasteiger charge is -2.34. The van der Waals surface area contributed by atoms with E-state index in [4.69, 9.17) is 4.74 Å². The first kappa shape index (κ1) is 13.2. The molecule has 0 aliphatic heterocycles. The van der Waals surface area contributed by atoms with Crippen LogP contribution < -0.4 is 0 Å². The zero-order chi connectivity index (χ0) is 13.2. The predicted molar refractivity (Wildman–Crippen MR) is 68.3 cm³/mol. The molecule has 0 heterocycles. The predicted octanol–water partition coefficient (Wildman–Crippen LogP) is 3.67. The lowest BCUT2D eigenvalue weighted by atomic mass is 9.79. The molecule has 0 bridgehead atoms. The quantitative estimate of drug-likeness (QED) is 0.765. The van der Waals surface area contributed by atoms with Crippen molar-refractivity contribution < 1.29 is 13.9 Å². The summed E-state index contributed by atoms with van der Waals surface area (Å²) < 4.78 is 19.3. The molecule has 0 atom stereocenters. The average Bonchev–Trinajstić information content (AvgIpc) is 2.41. The summed E-state index contributed by atoms with van der Waals surface area (Å²) in [5.41, 5.74) is 0.243. The summed E-state index contributed by atoms with van der Waals surface area (Å²) in [5.74, 6) is -0.654. The van der Waals surface area contributed by atoms with Crippen LogP contribution in [0.2, 0.25) is 0 Å². The first-order chi connectivity index (χ1) is 8.59. The molecule has 1 fully saturated rings. The molecule has 2 nitrogen and oxygen atoms in total. The van der Waals surface area contributed by atoms with Gasteiger partial charge < -0.3 is 4.74 Å². The molecular weight excluding hydrogens is 231 g/mol. The van der Waals surface area contributed by atoms with Crippen LogP contribution in [-0.4, -0.2) is 18.5 Å². The highest BCUT2D eigenvalue weighted by Gasteiger charge is 2.40. The van der Waals surface area contributed by atoms with Gasteiger partial charge in [0.1, 0.15) is 11.4 Å². The van der Waals surface area contributed by atoms with Crippen molar-refractivity contribution in [3.8, 4) is 0 Å². The van der Waals surface area contributed by atoms with Gasteiger partial charge in [-0.05, 0) is 31.9 Å². The van der Waals surface area contributed by atoms with Crippen molar-refractivity contribution in [3.63, 3.8) is 0 Å². The third-order valence-corrected chi connectivity index (χ3v) is 3.83. The summed E-state index contributed by atoms with van der Waals surface area (Å²) in [4.78, 5) is 12.6. The molecule has 0 N–H and O–H groups in total. The molecule has 1 aromatic rings. The van der Waals surface area contributed by atoms with Crippen molar-refractivity contribution in [2.24, 2.45) is 0 Å². The van der Waals surface area contributed by atoms with Gasteiger partial charge in [0.2, 0.25) is 0 Å². The lowest BCUT2D eigenvalue weighted by molar-refractivity contribution is -0.0196. The second kappa shape index (κ2) is 5.19. The minimum absolute atomic E-state index is 0.166. The fourth-order valence-electron chi connectivity index (χ4n) is 2.71. The van der Waals surface area contributed by atoms with Gasteiger partial charge in [0.05, 0.1) is 5.56 Å². The van der Waals surface area contributed by atoms with Crippen LogP contribution in [0.25, 0.3) is 0 Å². The molecule has 1 saturated carbocycles. The average molecular weight is 250 g/mol. The van der Waals surface area contributed by atoms with Gasteiger partial charge in [0, 0.05) is 7.11 Å². The Bertz CT molecular complexity index is 448. The zero-order valence-corrected chi connectivity index (χ0v) is 11.0. The summed E-state index contributed by atoms with van der Waals surface area (Å²) >= 11 is 0. The highest BCUT2D eigenvalue weighted by Crippen LogP contribution is 2.34. The van der Waals surface area contributed by atoms with Crippen molar-refractivity contribution in [3.05, 3.63) is 35.1 Å². The van der Waals surface area contributed by atoms with Gasteiger partial charge in [-0.1, -0.05) is 30.9 Å².